The fourth-order valence-electron chi connectivity index (χ4n) is 3.44. The van der Waals surface area contributed by atoms with E-state index < -0.39 is 0 Å². The Labute approximate surface area is 160 Å². The van der Waals surface area contributed by atoms with Gasteiger partial charge >= 0.3 is 0 Å². The first-order chi connectivity index (χ1) is 12.5. The van der Waals surface area contributed by atoms with Crippen LogP contribution in [0, 0.1) is 11.6 Å². The van der Waals surface area contributed by atoms with E-state index in [0.717, 1.165) is 22.8 Å². The van der Waals surface area contributed by atoms with E-state index in [4.69, 9.17) is 0 Å². The summed E-state index contributed by atoms with van der Waals surface area (Å²) in [7, 11) is 0. The van der Waals surface area contributed by atoms with Gasteiger partial charge in [0.15, 0.2) is 0 Å². The summed E-state index contributed by atoms with van der Waals surface area (Å²) < 4.78 is 31.5. The quantitative estimate of drug-likeness (QED) is 0.518. The minimum Gasteiger partial charge on any atom is -0.207 e. The second-order valence-electron chi connectivity index (χ2n) is 9.00. The van der Waals surface area contributed by atoms with Crippen molar-refractivity contribution >= 4 is 0 Å². The molecule has 2 aromatic carbocycles. The molecule has 0 atom stereocenters. The molecule has 4 heteroatoms. The van der Waals surface area contributed by atoms with Crippen LogP contribution in [0.2, 0.25) is 0 Å². The molecule has 3 rings (SSSR count). The molecule has 2 nitrogen and oxygen atoms in total. The van der Waals surface area contributed by atoms with Gasteiger partial charge in [0.25, 0.3) is 5.82 Å². The van der Waals surface area contributed by atoms with Crippen molar-refractivity contribution in [2.45, 2.75) is 52.4 Å². The molecule has 0 unspecified atom stereocenters. The molecule has 0 aliphatic rings. The number of halogens is 2. The maximum absolute atomic E-state index is 14.0. The van der Waals surface area contributed by atoms with Crippen molar-refractivity contribution < 1.29 is 13.3 Å². The average Bonchev–Trinajstić information content (AvgIpc) is 3.00. The van der Waals surface area contributed by atoms with Gasteiger partial charge in [-0.25, -0.2) is 8.78 Å². The Morgan fingerprint density at radius 3 is 1.93 bits per heavy atom. The second-order valence-corrected chi connectivity index (χ2v) is 9.00. The topological polar surface area (TPSA) is 8.81 Å². The third kappa shape index (κ3) is 3.80. The van der Waals surface area contributed by atoms with Crippen molar-refractivity contribution in [1.82, 2.24) is 4.57 Å². The van der Waals surface area contributed by atoms with Crippen LogP contribution in [0.25, 0.3) is 11.4 Å². The molecule has 3 aromatic rings. The van der Waals surface area contributed by atoms with Crippen LogP contribution in [-0.2, 0) is 10.8 Å². The summed E-state index contributed by atoms with van der Waals surface area (Å²) in [6.07, 6.45) is 3.97. The highest BCUT2D eigenvalue weighted by atomic mass is 19.1. The largest absolute Gasteiger partial charge is 0.272 e. The van der Waals surface area contributed by atoms with Gasteiger partial charge < -0.3 is 0 Å². The lowest BCUT2D eigenvalue weighted by atomic mass is 9.85. The molecule has 0 aliphatic carbocycles. The van der Waals surface area contributed by atoms with E-state index >= 15 is 0 Å². The average molecular weight is 369 g/mol. The standard InChI is InChI=1S/C23H27F2N2/c1-22(2,3)19-15-17(25)9-12-20(19)27-14-13-26(21(27)23(4,5)6)18-10-7-16(24)8-11-18/h7-15H,1-6H3/q+1. The predicted octanol–water partition coefficient (Wildman–Crippen LogP) is 5.63. The summed E-state index contributed by atoms with van der Waals surface area (Å²) >= 11 is 0. The zero-order valence-electron chi connectivity index (χ0n) is 16.8. The second kappa shape index (κ2) is 6.59. The number of rotatable bonds is 2. The molecule has 0 spiro atoms. The minimum absolute atomic E-state index is 0.193. The summed E-state index contributed by atoms with van der Waals surface area (Å²) in [5, 5.41) is 0. The lowest BCUT2D eigenvalue weighted by molar-refractivity contribution is -0.608. The van der Waals surface area contributed by atoms with E-state index in [9.17, 15) is 8.78 Å². The van der Waals surface area contributed by atoms with Crippen molar-refractivity contribution in [3.63, 3.8) is 0 Å². The summed E-state index contributed by atoms with van der Waals surface area (Å²) in [5.41, 5.74) is 2.38. The van der Waals surface area contributed by atoms with Crippen LogP contribution in [0.3, 0.4) is 0 Å². The molecule has 1 heterocycles. The van der Waals surface area contributed by atoms with Gasteiger partial charge in [-0.1, -0.05) is 20.8 Å². The Balaban J connectivity index is 2.29. The molecule has 142 valence electrons. The summed E-state index contributed by atoms with van der Waals surface area (Å²) in [5.74, 6) is 0.537. The molecule has 0 aliphatic heterocycles. The SMILES string of the molecule is CC(C)(C)c1cc(F)ccc1-[n+]1ccn(-c2ccc(F)cc2)c1C(C)(C)C. The normalized spacial score (nSPS) is 12.4. The monoisotopic (exact) mass is 369 g/mol. The van der Waals surface area contributed by atoms with Crippen LogP contribution < -0.4 is 4.57 Å². The number of hydrogen-bond donors (Lipinski definition) is 0. The van der Waals surface area contributed by atoms with Crippen LogP contribution in [-0.4, -0.2) is 4.57 Å². The number of aromatic nitrogens is 2. The van der Waals surface area contributed by atoms with Crippen LogP contribution in [0.1, 0.15) is 52.9 Å². The Hall–Kier alpha value is -2.49. The number of hydrogen-bond acceptors (Lipinski definition) is 0. The lowest BCUT2D eigenvalue weighted by Gasteiger charge is -2.23. The first kappa shape index (κ1) is 19.3. The molecule has 27 heavy (non-hydrogen) atoms. The summed E-state index contributed by atoms with van der Waals surface area (Å²) in [6.45, 7) is 12.7. The van der Waals surface area contributed by atoms with E-state index in [-0.39, 0.29) is 22.5 Å². The Bertz CT molecular complexity index is 956. The van der Waals surface area contributed by atoms with Gasteiger partial charge in [0.05, 0.1) is 5.41 Å². The fraction of sp³-hybridized carbons (Fsp3) is 0.348. The predicted molar refractivity (Wildman–Crippen MR) is 105 cm³/mol. The zero-order valence-corrected chi connectivity index (χ0v) is 16.8. The van der Waals surface area contributed by atoms with Gasteiger partial charge in [0, 0.05) is 5.56 Å². The van der Waals surface area contributed by atoms with E-state index in [1.807, 2.05) is 18.5 Å². The molecular formula is C23H27F2N2+. The Morgan fingerprint density at radius 1 is 0.778 bits per heavy atom. The minimum atomic E-state index is -0.260. The first-order valence-electron chi connectivity index (χ1n) is 9.18. The van der Waals surface area contributed by atoms with Crippen LogP contribution in [0.15, 0.2) is 54.9 Å². The van der Waals surface area contributed by atoms with Crippen molar-refractivity contribution in [3.05, 3.63) is 77.9 Å². The molecule has 0 fully saturated rings. The third-order valence-electron chi connectivity index (χ3n) is 4.62. The first-order valence-corrected chi connectivity index (χ1v) is 9.18. The van der Waals surface area contributed by atoms with Crippen molar-refractivity contribution in [3.8, 4) is 11.4 Å². The van der Waals surface area contributed by atoms with Gasteiger partial charge in [0.2, 0.25) is 0 Å². The van der Waals surface area contributed by atoms with E-state index in [1.165, 1.54) is 18.2 Å². The highest BCUT2D eigenvalue weighted by molar-refractivity contribution is 5.40. The summed E-state index contributed by atoms with van der Waals surface area (Å²) in [4.78, 5) is 0. The molecule has 0 amide bonds. The number of benzene rings is 2. The van der Waals surface area contributed by atoms with Gasteiger partial charge in [-0.05, 0) is 68.7 Å². The zero-order chi connectivity index (χ0) is 20.0. The summed E-state index contributed by atoms with van der Waals surface area (Å²) in [6, 6.07) is 11.4. The molecular weight excluding hydrogens is 342 g/mol. The molecule has 1 aromatic heterocycles. The van der Waals surface area contributed by atoms with Crippen LogP contribution in [0.5, 0.6) is 0 Å². The van der Waals surface area contributed by atoms with Gasteiger partial charge in [0.1, 0.15) is 35.4 Å². The molecule has 0 saturated carbocycles. The maximum Gasteiger partial charge on any atom is 0.272 e. The molecule has 0 saturated heterocycles. The van der Waals surface area contributed by atoms with E-state index in [2.05, 4.69) is 50.7 Å². The highest BCUT2D eigenvalue weighted by Crippen LogP contribution is 2.30. The lowest BCUT2D eigenvalue weighted by Crippen LogP contribution is -2.42. The van der Waals surface area contributed by atoms with Gasteiger partial charge in [-0.2, -0.15) is 9.13 Å². The maximum atomic E-state index is 14.0. The molecule has 0 radical (unpaired) electrons. The van der Waals surface area contributed by atoms with Crippen molar-refractivity contribution in [1.29, 1.82) is 0 Å². The van der Waals surface area contributed by atoms with Crippen molar-refractivity contribution in [2.75, 3.05) is 0 Å². The number of nitrogens with zero attached hydrogens (tertiary/aromatic N) is 2. The smallest absolute Gasteiger partial charge is 0.207 e. The fourth-order valence-corrected chi connectivity index (χ4v) is 3.44. The van der Waals surface area contributed by atoms with Crippen LogP contribution >= 0.6 is 0 Å². The number of imidazole rings is 1. The molecule has 0 bridgehead atoms. The Morgan fingerprint density at radius 2 is 1.37 bits per heavy atom. The van der Waals surface area contributed by atoms with Crippen LogP contribution in [0.4, 0.5) is 8.78 Å². The van der Waals surface area contributed by atoms with Crippen molar-refractivity contribution in [2.24, 2.45) is 0 Å². The van der Waals surface area contributed by atoms with Gasteiger partial charge in [-0.15, -0.1) is 0 Å². The third-order valence-corrected chi connectivity index (χ3v) is 4.62. The van der Waals surface area contributed by atoms with Gasteiger partial charge in [-0.3, -0.25) is 0 Å². The Kier molecular flexibility index (Phi) is 4.71. The van der Waals surface area contributed by atoms with E-state index in [1.54, 1.807) is 18.2 Å². The molecule has 0 N–H and O–H groups in total. The highest BCUT2D eigenvalue weighted by Gasteiger charge is 2.34. The van der Waals surface area contributed by atoms with E-state index in [0.29, 0.717) is 0 Å².